The third kappa shape index (κ3) is 4.24. The second kappa shape index (κ2) is 6.55. The van der Waals surface area contributed by atoms with E-state index in [2.05, 4.69) is 15.3 Å². The monoisotopic (exact) mass is 242 g/mol. The Morgan fingerprint density at radius 3 is 2.94 bits per heavy atom. The summed E-state index contributed by atoms with van der Waals surface area (Å²) in [6, 6.07) is 1.87. The summed E-state index contributed by atoms with van der Waals surface area (Å²) in [4.78, 5) is 8.22. The van der Waals surface area contributed by atoms with Crippen molar-refractivity contribution < 1.29 is 5.11 Å². The van der Waals surface area contributed by atoms with Gasteiger partial charge in [-0.05, 0) is 13.3 Å². The molecule has 0 bridgehead atoms. The zero-order valence-electron chi connectivity index (χ0n) is 9.60. The van der Waals surface area contributed by atoms with Crippen molar-refractivity contribution in [2.75, 3.05) is 24.2 Å². The van der Waals surface area contributed by atoms with E-state index in [4.69, 9.17) is 10.8 Å². The zero-order valence-corrected chi connectivity index (χ0v) is 10.4. The molecule has 1 unspecified atom stereocenters. The Bertz CT molecular complexity index is 335. The van der Waals surface area contributed by atoms with Crippen molar-refractivity contribution in [3.8, 4) is 0 Å². The molecule has 0 spiro atoms. The number of aromatic nitrogens is 2. The van der Waals surface area contributed by atoms with Crippen LogP contribution >= 0.6 is 11.8 Å². The van der Waals surface area contributed by atoms with Gasteiger partial charge in [0.05, 0.1) is 0 Å². The molecule has 5 nitrogen and oxygen atoms in total. The van der Waals surface area contributed by atoms with Crippen molar-refractivity contribution in [1.82, 2.24) is 9.97 Å². The number of rotatable bonds is 6. The highest BCUT2D eigenvalue weighted by Crippen LogP contribution is 2.25. The van der Waals surface area contributed by atoms with Crippen molar-refractivity contribution in [3.63, 3.8) is 0 Å². The van der Waals surface area contributed by atoms with Crippen molar-refractivity contribution in [2.45, 2.75) is 30.5 Å². The number of aliphatic hydroxyl groups is 1. The van der Waals surface area contributed by atoms with Crippen molar-refractivity contribution in [1.29, 1.82) is 0 Å². The van der Waals surface area contributed by atoms with Crippen molar-refractivity contribution >= 4 is 23.5 Å². The Hall–Kier alpha value is -1.01. The molecule has 0 saturated heterocycles. The number of nitrogens with one attached hydrogen (secondary N) is 1. The normalized spacial score (nSPS) is 12.4. The van der Waals surface area contributed by atoms with Crippen LogP contribution in [0.25, 0.3) is 0 Å². The van der Waals surface area contributed by atoms with Gasteiger partial charge in [-0.1, -0.05) is 6.92 Å². The molecule has 0 amide bonds. The number of nitrogens with zero attached hydrogens (tertiary/aromatic N) is 2. The van der Waals surface area contributed by atoms with Crippen LogP contribution in [0.15, 0.2) is 11.1 Å². The first kappa shape index (κ1) is 13.1. The molecule has 0 aliphatic carbocycles. The average Bonchev–Trinajstić information content (AvgIpc) is 2.17. The van der Waals surface area contributed by atoms with Crippen LogP contribution in [0.1, 0.15) is 20.3 Å². The first-order chi connectivity index (χ1) is 7.65. The lowest BCUT2D eigenvalue weighted by Gasteiger charge is -2.10. The molecular formula is C10H18N4OS. The number of nitrogens with two attached hydrogens (primary N) is 1. The van der Waals surface area contributed by atoms with Crippen LogP contribution < -0.4 is 11.1 Å². The summed E-state index contributed by atoms with van der Waals surface area (Å²) in [6.07, 6.45) is 0.741. The summed E-state index contributed by atoms with van der Waals surface area (Å²) in [5.74, 6) is 1.02. The second-order valence-corrected chi connectivity index (χ2v) is 4.88. The highest BCUT2D eigenvalue weighted by Gasteiger charge is 2.07. The fraction of sp³-hybridized carbons (Fsp3) is 0.600. The minimum absolute atomic E-state index is 0.189. The molecule has 1 heterocycles. The Morgan fingerprint density at radius 2 is 2.31 bits per heavy atom. The number of hydrogen-bond donors (Lipinski definition) is 3. The van der Waals surface area contributed by atoms with Crippen molar-refractivity contribution in [3.05, 3.63) is 6.07 Å². The maximum absolute atomic E-state index is 8.82. The number of nitrogen functional groups attached to an aromatic ring is 1. The van der Waals surface area contributed by atoms with Crippen LogP contribution in [0, 0.1) is 0 Å². The number of aliphatic hydroxyl groups excluding tert-OH is 1. The summed E-state index contributed by atoms with van der Waals surface area (Å²) < 4.78 is 0. The van der Waals surface area contributed by atoms with E-state index in [0.29, 0.717) is 5.25 Å². The minimum atomic E-state index is 0.189. The van der Waals surface area contributed by atoms with E-state index < -0.39 is 0 Å². The van der Waals surface area contributed by atoms with E-state index in [9.17, 15) is 0 Å². The SMILES string of the molecule is CCNc1cc(SC(C)CCO)nc(N)n1. The Morgan fingerprint density at radius 1 is 1.56 bits per heavy atom. The van der Waals surface area contributed by atoms with Gasteiger partial charge in [-0.25, -0.2) is 4.98 Å². The highest BCUT2D eigenvalue weighted by molar-refractivity contribution is 7.99. The summed E-state index contributed by atoms with van der Waals surface area (Å²) in [7, 11) is 0. The fourth-order valence-corrected chi connectivity index (χ4v) is 2.18. The van der Waals surface area contributed by atoms with Gasteiger partial charge in [0.2, 0.25) is 5.95 Å². The number of hydrogen-bond acceptors (Lipinski definition) is 6. The fourth-order valence-electron chi connectivity index (χ4n) is 1.22. The molecule has 1 atom stereocenters. The van der Waals surface area contributed by atoms with Crippen LogP contribution in [0.2, 0.25) is 0 Å². The molecule has 0 aromatic carbocycles. The molecule has 0 radical (unpaired) electrons. The molecule has 0 fully saturated rings. The zero-order chi connectivity index (χ0) is 12.0. The van der Waals surface area contributed by atoms with Crippen LogP contribution in [0.5, 0.6) is 0 Å². The summed E-state index contributed by atoms with van der Waals surface area (Å²) in [5, 5.41) is 13.1. The third-order valence-corrected chi connectivity index (χ3v) is 3.02. The summed E-state index contributed by atoms with van der Waals surface area (Å²) in [5.41, 5.74) is 5.61. The second-order valence-electron chi connectivity index (χ2n) is 3.42. The summed E-state index contributed by atoms with van der Waals surface area (Å²) in [6.45, 7) is 5.03. The molecule has 4 N–H and O–H groups in total. The molecule has 6 heteroatoms. The molecule has 0 saturated carbocycles. The van der Waals surface area contributed by atoms with E-state index in [1.165, 1.54) is 0 Å². The van der Waals surface area contributed by atoms with Crippen LogP contribution in [-0.4, -0.2) is 33.5 Å². The molecule has 1 aromatic rings. The lowest BCUT2D eigenvalue weighted by molar-refractivity contribution is 0.289. The quantitative estimate of drug-likeness (QED) is 0.516. The average molecular weight is 242 g/mol. The van der Waals surface area contributed by atoms with Gasteiger partial charge in [0.1, 0.15) is 10.8 Å². The van der Waals surface area contributed by atoms with Crippen LogP contribution in [0.4, 0.5) is 11.8 Å². The molecule has 1 aromatic heterocycles. The van der Waals surface area contributed by atoms with Crippen LogP contribution in [-0.2, 0) is 0 Å². The van der Waals surface area contributed by atoms with Gasteiger partial charge in [0.25, 0.3) is 0 Å². The predicted molar refractivity (Wildman–Crippen MR) is 67.6 cm³/mol. The van der Waals surface area contributed by atoms with Gasteiger partial charge in [-0.2, -0.15) is 4.98 Å². The Labute approximate surface area is 99.9 Å². The Balaban J connectivity index is 2.71. The third-order valence-electron chi connectivity index (χ3n) is 1.94. The van der Waals surface area contributed by atoms with Crippen molar-refractivity contribution in [2.24, 2.45) is 0 Å². The van der Waals surface area contributed by atoms with Gasteiger partial charge < -0.3 is 16.2 Å². The molecule has 90 valence electrons. The lowest BCUT2D eigenvalue weighted by Crippen LogP contribution is -2.05. The van der Waals surface area contributed by atoms with Crippen LogP contribution in [0.3, 0.4) is 0 Å². The van der Waals surface area contributed by atoms with Gasteiger partial charge in [-0.15, -0.1) is 11.8 Å². The van der Waals surface area contributed by atoms with E-state index in [0.717, 1.165) is 23.8 Å². The topological polar surface area (TPSA) is 84.1 Å². The molecule has 16 heavy (non-hydrogen) atoms. The van der Waals surface area contributed by atoms with E-state index in [1.807, 2.05) is 19.9 Å². The first-order valence-electron chi connectivity index (χ1n) is 5.31. The Kier molecular flexibility index (Phi) is 5.34. The predicted octanol–water partition coefficient (Wildman–Crippen LogP) is 1.35. The highest BCUT2D eigenvalue weighted by atomic mass is 32.2. The number of thioether (sulfide) groups is 1. The standard InChI is InChI=1S/C10H18N4OS/c1-3-12-8-6-9(14-10(11)13-8)16-7(2)4-5-15/h6-7,15H,3-5H2,1-2H3,(H3,11,12,13,14). The molecule has 1 rings (SSSR count). The number of anilines is 2. The smallest absolute Gasteiger partial charge is 0.223 e. The van der Waals surface area contributed by atoms with Gasteiger partial charge in [-0.3, -0.25) is 0 Å². The van der Waals surface area contributed by atoms with Gasteiger partial charge in [0.15, 0.2) is 0 Å². The first-order valence-corrected chi connectivity index (χ1v) is 6.19. The largest absolute Gasteiger partial charge is 0.396 e. The van der Waals surface area contributed by atoms with Gasteiger partial charge in [0, 0.05) is 24.5 Å². The lowest BCUT2D eigenvalue weighted by atomic mass is 10.3. The van der Waals surface area contributed by atoms with E-state index >= 15 is 0 Å². The molecule has 0 aliphatic heterocycles. The van der Waals surface area contributed by atoms with E-state index in [1.54, 1.807) is 11.8 Å². The van der Waals surface area contributed by atoms with E-state index in [-0.39, 0.29) is 12.6 Å². The molecule has 0 aliphatic rings. The maximum atomic E-state index is 8.82. The molecular weight excluding hydrogens is 224 g/mol. The minimum Gasteiger partial charge on any atom is -0.396 e. The van der Waals surface area contributed by atoms with Gasteiger partial charge >= 0.3 is 0 Å². The maximum Gasteiger partial charge on any atom is 0.223 e. The summed E-state index contributed by atoms with van der Waals surface area (Å²) >= 11 is 1.59.